The van der Waals surface area contributed by atoms with E-state index < -0.39 is 11.5 Å². The molecule has 0 amide bonds. The number of carbonyl (C=O) groups is 1. The van der Waals surface area contributed by atoms with Gasteiger partial charge in [-0.1, -0.05) is 6.58 Å². The molecule has 0 fully saturated rings. The normalized spacial score (nSPS) is 9.83. The first kappa shape index (κ1) is 14.1. The Morgan fingerprint density at radius 3 is 2.72 bits per heavy atom. The minimum atomic E-state index is -0.821. The van der Waals surface area contributed by atoms with Crippen molar-refractivity contribution in [3.05, 3.63) is 39.2 Å². The second-order valence-corrected chi connectivity index (χ2v) is 3.61. The van der Waals surface area contributed by atoms with E-state index in [0.29, 0.717) is 5.76 Å². The second-order valence-electron chi connectivity index (χ2n) is 3.20. The number of hydrogen-bond donors (Lipinski definition) is 2. The van der Waals surface area contributed by atoms with Gasteiger partial charge in [0.25, 0.3) is 5.56 Å². The molecule has 0 aliphatic carbocycles. The molecule has 0 atom stereocenters. The van der Waals surface area contributed by atoms with Crippen molar-refractivity contribution in [1.82, 2.24) is 9.97 Å². The summed E-state index contributed by atoms with van der Waals surface area (Å²) in [4.78, 5) is 27.6. The van der Waals surface area contributed by atoms with Crippen molar-refractivity contribution in [2.24, 2.45) is 0 Å². The zero-order valence-corrected chi connectivity index (χ0v) is 10.5. The summed E-state index contributed by atoms with van der Waals surface area (Å²) in [6.07, 6.45) is 1.17. The zero-order chi connectivity index (χ0) is 13.5. The number of esters is 1. The molecular weight excluding hydrogens is 260 g/mol. The number of nitrogens with one attached hydrogen (secondary N) is 2. The molecule has 0 spiro atoms. The first-order valence-electron chi connectivity index (χ1n) is 4.86. The molecule has 0 aliphatic rings. The Labute approximate surface area is 107 Å². The van der Waals surface area contributed by atoms with Crippen LogP contribution in [-0.2, 0) is 14.2 Å². The Morgan fingerprint density at radius 2 is 2.11 bits per heavy atom. The lowest BCUT2D eigenvalue weighted by Crippen LogP contribution is -2.21. The van der Waals surface area contributed by atoms with Crippen LogP contribution in [0.15, 0.2) is 23.3 Å². The highest BCUT2D eigenvalue weighted by Crippen LogP contribution is 1.94. The maximum Gasteiger partial charge on any atom is 0.347 e. The van der Waals surface area contributed by atoms with Crippen LogP contribution in [0.2, 0.25) is 0 Å². The third-order valence-corrected chi connectivity index (χ3v) is 1.92. The average Bonchev–Trinajstić information content (AvgIpc) is 2.27. The number of ether oxygens (including phenoxy) is 3. The van der Waals surface area contributed by atoms with Gasteiger partial charge in [0.15, 0.2) is 18.4 Å². The van der Waals surface area contributed by atoms with Gasteiger partial charge in [-0.05, 0) is 19.1 Å². The Kier molecular flexibility index (Phi) is 5.28. The standard InChI is InChI=1S/C10H12N2O5S/c1-6(2)16-4-15-5-17-9(14)7-3-11-10(18)12-8(7)13/h3H,1,4-5H2,2H3,(H2,11,12,13,18). The van der Waals surface area contributed by atoms with Gasteiger partial charge >= 0.3 is 5.97 Å². The molecule has 7 nitrogen and oxygen atoms in total. The summed E-state index contributed by atoms with van der Waals surface area (Å²) in [6.45, 7) is 4.72. The highest BCUT2D eigenvalue weighted by Gasteiger charge is 2.11. The Morgan fingerprint density at radius 1 is 1.44 bits per heavy atom. The molecular formula is C10H12N2O5S. The average molecular weight is 272 g/mol. The van der Waals surface area contributed by atoms with Gasteiger partial charge < -0.3 is 19.2 Å². The van der Waals surface area contributed by atoms with Gasteiger partial charge in [-0.15, -0.1) is 0 Å². The minimum absolute atomic E-state index is 0.0871. The van der Waals surface area contributed by atoms with Crippen LogP contribution < -0.4 is 5.56 Å². The number of rotatable bonds is 6. The summed E-state index contributed by atoms with van der Waals surface area (Å²) in [5, 5.41) is 0. The van der Waals surface area contributed by atoms with Gasteiger partial charge in [0.05, 0.1) is 5.76 Å². The molecule has 0 aliphatic heterocycles. The summed E-state index contributed by atoms with van der Waals surface area (Å²) in [5.41, 5.74) is -0.810. The van der Waals surface area contributed by atoms with Crippen molar-refractivity contribution in [2.75, 3.05) is 13.6 Å². The van der Waals surface area contributed by atoms with E-state index in [2.05, 4.69) is 33.5 Å². The predicted octanol–water partition coefficient (Wildman–Crippen LogP) is 1.07. The molecule has 0 radical (unpaired) electrons. The number of aromatic nitrogens is 2. The fourth-order valence-electron chi connectivity index (χ4n) is 0.911. The van der Waals surface area contributed by atoms with Gasteiger partial charge in [0, 0.05) is 6.20 Å². The van der Waals surface area contributed by atoms with Crippen molar-refractivity contribution >= 4 is 18.2 Å². The summed E-state index contributed by atoms with van der Waals surface area (Å²) < 4.78 is 14.5. The molecule has 0 saturated carbocycles. The molecule has 18 heavy (non-hydrogen) atoms. The topological polar surface area (TPSA) is 93.4 Å². The quantitative estimate of drug-likeness (QED) is 0.264. The van der Waals surface area contributed by atoms with Crippen LogP contribution in [0.1, 0.15) is 17.3 Å². The van der Waals surface area contributed by atoms with Crippen LogP contribution in [0.5, 0.6) is 0 Å². The van der Waals surface area contributed by atoms with E-state index in [0.717, 1.165) is 0 Å². The molecule has 0 bridgehead atoms. The molecule has 1 aromatic rings. The van der Waals surface area contributed by atoms with E-state index in [1.54, 1.807) is 6.92 Å². The van der Waals surface area contributed by atoms with E-state index in [-0.39, 0.29) is 23.9 Å². The van der Waals surface area contributed by atoms with Crippen LogP contribution >= 0.6 is 12.2 Å². The molecule has 0 unspecified atom stereocenters. The van der Waals surface area contributed by atoms with E-state index in [4.69, 9.17) is 9.47 Å². The maximum absolute atomic E-state index is 11.4. The number of hydrogen-bond acceptors (Lipinski definition) is 6. The summed E-state index contributed by atoms with van der Waals surface area (Å²) in [7, 11) is 0. The van der Waals surface area contributed by atoms with Crippen LogP contribution in [0.4, 0.5) is 0 Å². The van der Waals surface area contributed by atoms with Crippen molar-refractivity contribution in [3.8, 4) is 0 Å². The van der Waals surface area contributed by atoms with E-state index in [9.17, 15) is 9.59 Å². The highest BCUT2D eigenvalue weighted by molar-refractivity contribution is 7.71. The van der Waals surface area contributed by atoms with Crippen LogP contribution in [-0.4, -0.2) is 29.5 Å². The van der Waals surface area contributed by atoms with Crippen molar-refractivity contribution < 1.29 is 19.0 Å². The monoisotopic (exact) mass is 272 g/mol. The molecule has 1 aromatic heterocycles. The van der Waals surface area contributed by atoms with E-state index >= 15 is 0 Å². The Hall–Kier alpha value is -1.93. The largest absolute Gasteiger partial charge is 0.473 e. The predicted molar refractivity (Wildman–Crippen MR) is 64.4 cm³/mol. The number of carbonyl (C=O) groups excluding carboxylic acids is 1. The fraction of sp³-hybridized carbons (Fsp3) is 0.300. The Balaban J connectivity index is 2.44. The molecule has 8 heteroatoms. The molecule has 98 valence electrons. The van der Waals surface area contributed by atoms with Gasteiger partial charge in [-0.2, -0.15) is 0 Å². The lowest BCUT2D eigenvalue weighted by atomic mass is 10.3. The van der Waals surface area contributed by atoms with Crippen molar-refractivity contribution in [1.29, 1.82) is 0 Å². The summed E-state index contributed by atoms with van der Waals surface area (Å²) in [6, 6.07) is 0. The SMILES string of the molecule is C=C(C)OCOCOC(=O)c1c[nH]c(=S)[nH]c1=O. The summed E-state index contributed by atoms with van der Waals surface area (Å²) in [5.74, 6) is -0.341. The number of H-pyrrole nitrogens is 2. The third-order valence-electron chi connectivity index (χ3n) is 1.70. The molecule has 1 rings (SSSR count). The highest BCUT2D eigenvalue weighted by atomic mass is 32.1. The maximum atomic E-state index is 11.4. The second kappa shape index (κ2) is 6.72. The van der Waals surface area contributed by atoms with E-state index in [1.165, 1.54) is 6.20 Å². The number of aromatic amines is 2. The van der Waals surface area contributed by atoms with Crippen LogP contribution in [0.3, 0.4) is 0 Å². The number of allylic oxidation sites excluding steroid dienone is 1. The van der Waals surface area contributed by atoms with Gasteiger partial charge in [0.1, 0.15) is 5.56 Å². The van der Waals surface area contributed by atoms with Crippen LogP contribution in [0.25, 0.3) is 0 Å². The molecule has 1 heterocycles. The lowest BCUT2D eigenvalue weighted by molar-refractivity contribution is -0.0954. The smallest absolute Gasteiger partial charge is 0.347 e. The Bertz CT molecular complexity index is 548. The third kappa shape index (κ3) is 4.52. The first-order chi connectivity index (χ1) is 8.50. The molecule has 0 aromatic carbocycles. The van der Waals surface area contributed by atoms with E-state index in [1.807, 2.05) is 0 Å². The zero-order valence-electron chi connectivity index (χ0n) is 9.65. The van der Waals surface area contributed by atoms with Gasteiger partial charge in [-0.25, -0.2) is 4.79 Å². The van der Waals surface area contributed by atoms with Gasteiger partial charge in [-0.3, -0.25) is 9.78 Å². The van der Waals surface area contributed by atoms with Crippen molar-refractivity contribution in [2.45, 2.75) is 6.92 Å². The van der Waals surface area contributed by atoms with Crippen molar-refractivity contribution in [3.63, 3.8) is 0 Å². The molecule has 0 saturated heterocycles. The lowest BCUT2D eigenvalue weighted by Gasteiger charge is -2.06. The van der Waals surface area contributed by atoms with Crippen LogP contribution in [0, 0.1) is 4.77 Å². The summed E-state index contributed by atoms with van der Waals surface area (Å²) >= 11 is 4.68. The minimum Gasteiger partial charge on any atom is -0.473 e. The van der Waals surface area contributed by atoms with Gasteiger partial charge in [0.2, 0.25) is 0 Å². The molecule has 2 N–H and O–H groups in total. The fourth-order valence-corrected chi connectivity index (χ4v) is 1.06. The first-order valence-corrected chi connectivity index (χ1v) is 5.26.